The van der Waals surface area contributed by atoms with Crippen molar-refractivity contribution in [3.63, 3.8) is 0 Å². The van der Waals surface area contributed by atoms with E-state index in [1.54, 1.807) is 37.7 Å². The quantitative estimate of drug-likeness (QED) is 0.0524. The molecule has 0 aliphatic heterocycles. The first-order valence-corrected chi connectivity index (χ1v) is 25.1. The number of Topliss-reactive ketones (excluding diaryl/α,β-unsaturated/α-hetero) is 3. The summed E-state index contributed by atoms with van der Waals surface area (Å²) >= 11 is 7.44. The summed E-state index contributed by atoms with van der Waals surface area (Å²) < 4.78 is 20.6. The van der Waals surface area contributed by atoms with Crippen molar-refractivity contribution in [2.24, 2.45) is 11.8 Å². The third-order valence-electron chi connectivity index (χ3n) is 9.18. The zero-order chi connectivity index (χ0) is 43.7. The molecule has 2 rings (SSSR count). The van der Waals surface area contributed by atoms with Crippen LogP contribution in [0.1, 0.15) is 67.2 Å². The second-order valence-electron chi connectivity index (χ2n) is 14.4. The van der Waals surface area contributed by atoms with Crippen molar-refractivity contribution >= 4 is 89.2 Å². The van der Waals surface area contributed by atoms with Crippen molar-refractivity contribution < 1.29 is 47.7 Å². The Hall–Kier alpha value is -1.16. The summed E-state index contributed by atoms with van der Waals surface area (Å²) in [6.45, 7) is 11.0. The van der Waals surface area contributed by atoms with Gasteiger partial charge in [-0.15, -0.1) is 0 Å². The summed E-state index contributed by atoms with van der Waals surface area (Å²) in [7, 11) is 5.68. The average molecular weight is 924 g/mol. The summed E-state index contributed by atoms with van der Waals surface area (Å²) in [6, 6.07) is 0. The highest BCUT2D eigenvalue weighted by Gasteiger charge is 2.55. The highest BCUT2D eigenvalue weighted by Crippen LogP contribution is 2.50. The third-order valence-corrected chi connectivity index (χ3v) is 15.2. The van der Waals surface area contributed by atoms with Crippen LogP contribution in [0.15, 0.2) is 0 Å². The number of rotatable bonds is 37. The van der Waals surface area contributed by atoms with Gasteiger partial charge >= 0.3 is 0 Å². The number of carbonyl (C=O) groups is 6. The van der Waals surface area contributed by atoms with Gasteiger partial charge in [0, 0.05) is 82.0 Å². The molecule has 6 unspecified atom stereocenters. The summed E-state index contributed by atoms with van der Waals surface area (Å²) in [5.41, 5.74) is 0.0914. The van der Waals surface area contributed by atoms with E-state index < -0.39 is 0 Å². The monoisotopic (exact) mass is 923 g/mol. The Morgan fingerprint density at radius 1 is 0.583 bits per heavy atom. The van der Waals surface area contributed by atoms with E-state index in [0.29, 0.717) is 32.1 Å². The highest BCUT2D eigenvalue weighted by atomic mass is 32.2. The zero-order valence-electron chi connectivity index (χ0n) is 36.3. The fourth-order valence-electron chi connectivity index (χ4n) is 5.98. The predicted molar refractivity (Wildman–Crippen MR) is 252 cm³/mol. The van der Waals surface area contributed by atoms with Gasteiger partial charge in [-0.3, -0.25) is 24.0 Å². The number of hydrogen-bond donors (Lipinski definition) is 4. The molecule has 2 saturated carbocycles. The maximum atomic E-state index is 13.0. The van der Waals surface area contributed by atoms with Crippen LogP contribution in [0.3, 0.4) is 0 Å². The Morgan fingerprint density at radius 2 is 1.00 bits per heavy atom. The minimum Gasteiger partial charge on any atom is -0.371 e. The van der Waals surface area contributed by atoms with Gasteiger partial charge in [0.1, 0.15) is 32.2 Å². The van der Waals surface area contributed by atoms with Gasteiger partial charge in [-0.25, -0.2) is 0 Å². The van der Waals surface area contributed by atoms with E-state index in [-0.39, 0.29) is 104 Å². The zero-order valence-corrected chi connectivity index (χ0v) is 39.6. The van der Waals surface area contributed by atoms with Gasteiger partial charge in [0.15, 0.2) is 11.6 Å². The van der Waals surface area contributed by atoms with Crippen LogP contribution in [0.25, 0.3) is 0 Å². The van der Waals surface area contributed by atoms with E-state index in [1.807, 2.05) is 25.9 Å². The maximum absolute atomic E-state index is 13.0. The number of nitrogens with one attached hydrogen (secondary N) is 4. The molecule has 4 N–H and O–H groups in total. The topological polar surface area (TPSA) is 187 Å². The van der Waals surface area contributed by atoms with Crippen LogP contribution >= 0.6 is 47.0 Å². The van der Waals surface area contributed by atoms with E-state index in [4.69, 9.17) is 18.9 Å². The lowest BCUT2D eigenvalue weighted by Gasteiger charge is -2.50. The molecule has 0 heterocycles. The standard InChI is InChI=1S/C24H42BN2O6S2.C16H30N2O4S2.CH4/c1-5-6-7-8-25-24(31)21-20(18(3)29)22(34-13-9-26-4)23(21)35-14-10-27-19(30)16-33-12-11-32-15-17(2)28;1-13(19)11-21-7-8-22-12-16(20)18-6-10-24-15-4-3-14(15)23-9-5-17-2;/h20-23,26H,5-16H2,1-4H3,(H,27,30);14-15,17H,3-12H2,1-2H3,(H,18,20);1H4. The van der Waals surface area contributed by atoms with Crippen molar-refractivity contribution in [3.05, 3.63) is 0 Å². The Kier molecular flexibility index (Phi) is 37.6. The van der Waals surface area contributed by atoms with Gasteiger partial charge in [0.25, 0.3) is 0 Å². The van der Waals surface area contributed by atoms with Crippen molar-refractivity contribution in [2.75, 3.05) is 116 Å². The van der Waals surface area contributed by atoms with Gasteiger partial charge in [-0.05, 0) is 47.7 Å². The minimum absolute atomic E-state index is 0. The molecular formula is C41H76BN4O10S4. The van der Waals surface area contributed by atoms with Crippen molar-refractivity contribution in [2.45, 2.75) is 94.5 Å². The SMILES string of the molecule is C.CCCCC[B]C(=O)C1C(SCCNC(=O)COCCOCC(C)=O)C(SCCNC)C1C(C)=O.CNCCSC1CCC1SCCNC(=O)COCCOCC(C)=O. The van der Waals surface area contributed by atoms with Crippen LogP contribution in [-0.4, -0.2) is 179 Å². The van der Waals surface area contributed by atoms with Crippen molar-refractivity contribution in [1.82, 2.24) is 21.3 Å². The molecule has 14 nitrogen and oxygen atoms in total. The highest BCUT2D eigenvalue weighted by molar-refractivity contribution is 8.04. The van der Waals surface area contributed by atoms with Crippen LogP contribution in [-0.2, 0) is 47.7 Å². The molecule has 1 radical (unpaired) electrons. The molecule has 0 saturated heterocycles. The van der Waals surface area contributed by atoms with Crippen molar-refractivity contribution in [3.8, 4) is 0 Å². The smallest absolute Gasteiger partial charge is 0.246 e. The molecule has 60 heavy (non-hydrogen) atoms. The lowest BCUT2D eigenvalue weighted by molar-refractivity contribution is -0.131. The molecule has 0 spiro atoms. The van der Waals surface area contributed by atoms with Crippen LogP contribution in [0.4, 0.5) is 0 Å². The Balaban J connectivity index is 0.00000122. The van der Waals surface area contributed by atoms with Crippen LogP contribution in [0, 0.1) is 11.8 Å². The number of amides is 2. The normalized spacial score (nSPS) is 20.3. The number of thioether (sulfide) groups is 4. The Morgan fingerprint density at radius 3 is 1.42 bits per heavy atom. The molecule has 2 amide bonds. The summed E-state index contributed by atoms with van der Waals surface area (Å²) in [5, 5.41) is 13.7. The molecule has 2 fully saturated rings. The molecule has 6 atom stereocenters. The molecule has 19 heteroatoms. The van der Waals surface area contributed by atoms with Gasteiger partial charge in [-0.2, -0.15) is 47.0 Å². The van der Waals surface area contributed by atoms with Gasteiger partial charge in [-0.1, -0.05) is 39.9 Å². The van der Waals surface area contributed by atoms with Crippen LogP contribution in [0.5, 0.6) is 0 Å². The Labute approximate surface area is 378 Å². The largest absolute Gasteiger partial charge is 0.371 e. The second-order valence-corrected chi connectivity index (χ2v) is 19.6. The molecule has 0 aromatic rings. The lowest BCUT2D eigenvalue weighted by Crippen LogP contribution is -2.59. The Bertz CT molecular complexity index is 1210. The molecule has 0 bridgehead atoms. The number of ether oxygens (including phenoxy) is 4. The summed E-state index contributed by atoms with van der Waals surface area (Å²) in [5.74, 6) is 2.84. The molecule has 347 valence electrons. The van der Waals surface area contributed by atoms with Crippen molar-refractivity contribution in [1.29, 1.82) is 0 Å². The van der Waals surface area contributed by atoms with Gasteiger partial charge < -0.3 is 45.0 Å². The number of unbranched alkanes of at least 4 members (excludes halogenated alkanes) is 2. The van der Waals surface area contributed by atoms with E-state index >= 15 is 0 Å². The average Bonchev–Trinajstić information content (AvgIpc) is 3.17. The number of hydrogen-bond acceptors (Lipinski definition) is 16. The van der Waals surface area contributed by atoms with Gasteiger partial charge in [0.2, 0.25) is 19.1 Å². The molecular weight excluding hydrogens is 848 g/mol. The first kappa shape index (κ1) is 58.8. The third kappa shape index (κ3) is 27.8. The fraction of sp³-hybridized carbons (Fsp3) is 0.854. The van der Waals surface area contributed by atoms with E-state index in [1.165, 1.54) is 32.4 Å². The summed E-state index contributed by atoms with van der Waals surface area (Å²) in [6.07, 6.45) is 6.57. The number of ketones is 3. The van der Waals surface area contributed by atoms with E-state index in [2.05, 4.69) is 40.0 Å². The lowest BCUT2D eigenvalue weighted by atomic mass is 9.55. The molecule has 0 aromatic heterocycles. The second kappa shape index (κ2) is 38.3. The minimum atomic E-state index is -0.278. The first-order valence-electron chi connectivity index (χ1n) is 20.9. The van der Waals surface area contributed by atoms with E-state index in [9.17, 15) is 28.8 Å². The fourth-order valence-corrected chi connectivity index (χ4v) is 12.3. The first-order chi connectivity index (χ1) is 28.5. The molecule has 2 aliphatic rings. The molecule has 2 aliphatic carbocycles. The van der Waals surface area contributed by atoms with E-state index in [0.717, 1.165) is 60.7 Å². The molecule has 0 aromatic carbocycles. The predicted octanol–water partition coefficient (Wildman–Crippen LogP) is 3.40. The maximum Gasteiger partial charge on any atom is 0.246 e. The van der Waals surface area contributed by atoms with Crippen LogP contribution < -0.4 is 21.3 Å². The van der Waals surface area contributed by atoms with Crippen LogP contribution in [0.2, 0.25) is 6.32 Å². The van der Waals surface area contributed by atoms with Gasteiger partial charge in [0.05, 0.1) is 32.1 Å². The number of carbonyl (C=O) groups excluding carboxylic acids is 6. The summed E-state index contributed by atoms with van der Waals surface area (Å²) in [4.78, 5) is 70.5.